The van der Waals surface area contributed by atoms with Gasteiger partial charge in [-0.05, 0) is 31.9 Å². The van der Waals surface area contributed by atoms with Gasteiger partial charge in [-0.25, -0.2) is 8.42 Å². The quantitative estimate of drug-likeness (QED) is 0.724. The van der Waals surface area contributed by atoms with Crippen molar-refractivity contribution in [2.24, 2.45) is 0 Å². The van der Waals surface area contributed by atoms with Crippen LogP contribution in [0.25, 0.3) is 11.4 Å². The lowest BCUT2D eigenvalue weighted by Gasteiger charge is -2.10. The highest BCUT2D eigenvalue weighted by molar-refractivity contribution is 7.90. The van der Waals surface area contributed by atoms with Gasteiger partial charge in [0.05, 0.1) is 4.90 Å². The molecule has 3 rings (SSSR count). The molecule has 6 heteroatoms. The van der Waals surface area contributed by atoms with Crippen molar-refractivity contribution in [2.45, 2.75) is 31.4 Å². The molecule has 1 heterocycles. The van der Waals surface area contributed by atoms with Crippen molar-refractivity contribution in [3.63, 3.8) is 0 Å². The van der Waals surface area contributed by atoms with Crippen LogP contribution in [0.5, 0.6) is 0 Å². The normalized spacial score (nSPS) is 11.6. The van der Waals surface area contributed by atoms with Gasteiger partial charge in [-0.15, -0.1) is 0 Å². The standard InChI is InChI=1S/C18H18N2O3S/c1-12-9-13(2)17(14(3)10-12)24(21,22)11-16-19-18(20-23-16)15-7-5-4-6-8-15/h4-10H,11H2,1-3H3. The fourth-order valence-corrected chi connectivity index (χ4v) is 4.60. The Morgan fingerprint density at radius 2 is 1.62 bits per heavy atom. The highest BCUT2D eigenvalue weighted by Gasteiger charge is 2.24. The van der Waals surface area contributed by atoms with E-state index in [2.05, 4.69) is 10.1 Å². The third kappa shape index (κ3) is 3.23. The van der Waals surface area contributed by atoms with Crippen LogP contribution in [0.3, 0.4) is 0 Å². The molecule has 3 aromatic rings. The van der Waals surface area contributed by atoms with E-state index in [4.69, 9.17) is 4.52 Å². The smallest absolute Gasteiger partial charge is 0.242 e. The summed E-state index contributed by atoms with van der Waals surface area (Å²) < 4.78 is 30.7. The van der Waals surface area contributed by atoms with E-state index in [-0.39, 0.29) is 11.6 Å². The van der Waals surface area contributed by atoms with Gasteiger partial charge in [0, 0.05) is 5.56 Å². The van der Waals surface area contributed by atoms with E-state index in [9.17, 15) is 8.42 Å². The molecule has 0 fully saturated rings. The van der Waals surface area contributed by atoms with E-state index in [1.807, 2.05) is 49.4 Å². The van der Waals surface area contributed by atoms with Crippen molar-refractivity contribution >= 4 is 9.84 Å². The molecule has 0 N–H and O–H groups in total. The Bertz CT molecular complexity index is 954. The second-order valence-electron chi connectivity index (χ2n) is 5.86. The van der Waals surface area contributed by atoms with Crippen molar-refractivity contribution in [1.29, 1.82) is 0 Å². The van der Waals surface area contributed by atoms with E-state index in [1.165, 1.54) is 0 Å². The van der Waals surface area contributed by atoms with Gasteiger partial charge in [0.2, 0.25) is 11.7 Å². The summed E-state index contributed by atoms with van der Waals surface area (Å²) in [6.07, 6.45) is 0. The molecule has 0 radical (unpaired) electrons. The van der Waals surface area contributed by atoms with Crippen LogP contribution in [0.4, 0.5) is 0 Å². The number of nitrogens with zero attached hydrogens (tertiary/aromatic N) is 2. The summed E-state index contributed by atoms with van der Waals surface area (Å²) in [5.74, 6) is 0.170. The van der Waals surface area contributed by atoms with Crippen molar-refractivity contribution in [3.8, 4) is 11.4 Å². The first-order chi connectivity index (χ1) is 11.4. The van der Waals surface area contributed by atoms with Gasteiger partial charge in [0.15, 0.2) is 9.84 Å². The molecular formula is C18H18N2O3S. The van der Waals surface area contributed by atoms with Gasteiger partial charge < -0.3 is 4.52 Å². The summed E-state index contributed by atoms with van der Waals surface area (Å²) in [6.45, 7) is 5.55. The Labute approximate surface area is 141 Å². The zero-order valence-electron chi connectivity index (χ0n) is 13.8. The molecule has 0 atom stereocenters. The molecule has 0 amide bonds. The summed E-state index contributed by atoms with van der Waals surface area (Å²) in [4.78, 5) is 4.55. The van der Waals surface area contributed by atoms with Gasteiger partial charge >= 0.3 is 0 Å². The van der Waals surface area contributed by atoms with Gasteiger partial charge in [0.1, 0.15) is 5.75 Å². The molecule has 0 saturated carbocycles. The van der Waals surface area contributed by atoms with Gasteiger partial charge in [-0.1, -0.05) is 53.2 Å². The van der Waals surface area contributed by atoms with Crippen molar-refractivity contribution in [2.75, 3.05) is 0 Å². The van der Waals surface area contributed by atoms with Crippen LogP contribution in [0.1, 0.15) is 22.6 Å². The molecule has 0 saturated heterocycles. The van der Waals surface area contributed by atoms with Crippen LogP contribution >= 0.6 is 0 Å². The van der Waals surface area contributed by atoms with Crippen molar-refractivity contribution in [3.05, 3.63) is 65.0 Å². The average Bonchev–Trinajstić information content (AvgIpc) is 2.94. The SMILES string of the molecule is Cc1cc(C)c(S(=O)(=O)Cc2nc(-c3ccccc3)no2)c(C)c1. The number of hydrogen-bond acceptors (Lipinski definition) is 5. The zero-order valence-corrected chi connectivity index (χ0v) is 14.6. The van der Waals surface area contributed by atoms with Gasteiger partial charge in [-0.2, -0.15) is 4.98 Å². The minimum Gasteiger partial charge on any atom is -0.338 e. The lowest BCUT2D eigenvalue weighted by Crippen LogP contribution is -2.09. The minimum atomic E-state index is -3.56. The number of benzene rings is 2. The third-order valence-corrected chi connectivity index (χ3v) is 5.62. The Hall–Kier alpha value is -2.47. The second kappa shape index (κ2) is 6.20. The lowest BCUT2D eigenvalue weighted by molar-refractivity contribution is 0.389. The molecular weight excluding hydrogens is 324 g/mol. The predicted octanol–water partition coefficient (Wildman–Crippen LogP) is 3.64. The molecule has 2 aromatic carbocycles. The first-order valence-corrected chi connectivity index (χ1v) is 9.20. The maximum atomic E-state index is 12.8. The van der Waals surface area contributed by atoms with Crippen LogP contribution in [-0.2, 0) is 15.6 Å². The number of sulfone groups is 1. The summed E-state index contributed by atoms with van der Waals surface area (Å²) in [6, 6.07) is 13.0. The molecule has 0 aliphatic carbocycles. The van der Waals surface area contributed by atoms with E-state index in [1.54, 1.807) is 13.8 Å². The van der Waals surface area contributed by atoms with E-state index in [0.29, 0.717) is 10.7 Å². The molecule has 124 valence electrons. The Morgan fingerprint density at radius 1 is 1.00 bits per heavy atom. The Balaban J connectivity index is 1.93. The number of hydrogen-bond donors (Lipinski definition) is 0. The first-order valence-electron chi connectivity index (χ1n) is 7.55. The number of aryl methyl sites for hydroxylation is 3. The summed E-state index contributed by atoms with van der Waals surface area (Å²) >= 11 is 0. The average molecular weight is 342 g/mol. The van der Waals surface area contributed by atoms with Crippen LogP contribution < -0.4 is 0 Å². The highest BCUT2D eigenvalue weighted by atomic mass is 32.2. The van der Waals surface area contributed by atoms with E-state index in [0.717, 1.165) is 22.3 Å². The molecule has 0 aliphatic heterocycles. The molecule has 1 aromatic heterocycles. The first kappa shape index (κ1) is 16.4. The number of rotatable bonds is 4. The Kier molecular flexibility index (Phi) is 4.24. The predicted molar refractivity (Wildman–Crippen MR) is 91.3 cm³/mol. The lowest BCUT2D eigenvalue weighted by atomic mass is 10.1. The topological polar surface area (TPSA) is 73.1 Å². The summed E-state index contributed by atoms with van der Waals surface area (Å²) in [5.41, 5.74) is 3.28. The molecule has 0 bridgehead atoms. The van der Waals surface area contributed by atoms with Gasteiger partial charge in [-0.3, -0.25) is 0 Å². The second-order valence-corrected chi connectivity index (χ2v) is 7.79. The maximum Gasteiger partial charge on any atom is 0.242 e. The zero-order chi connectivity index (χ0) is 17.3. The monoisotopic (exact) mass is 342 g/mol. The van der Waals surface area contributed by atoms with Gasteiger partial charge in [0.25, 0.3) is 0 Å². The highest BCUT2D eigenvalue weighted by Crippen LogP contribution is 2.25. The molecule has 5 nitrogen and oxygen atoms in total. The van der Waals surface area contributed by atoms with Crippen molar-refractivity contribution < 1.29 is 12.9 Å². The van der Waals surface area contributed by atoms with Crippen LogP contribution in [0.15, 0.2) is 51.9 Å². The third-order valence-electron chi connectivity index (χ3n) is 3.73. The molecule has 0 aliphatic rings. The van der Waals surface area contributed by atoms with Crippen LogP contribution in [0, 0.1) is 20.8 Å². The van der Waals surface area contributed by atoms with Crippen LogP contribution in [-0.4, -0.2) is 18.6 Å². The minimum absolute atomic E-state index is 0.0910. The largest absolute Gasteiger partial charge is 0.338 e. The fraction of sp³-hybridized carbons (Fsp3) is 0.222. The maximum absolute atomic E-state index is 12.8. The molecule has 0 unspecified atom stereocenters. The Morgan fingerprint density at radius 3 is 2.25 bits per heavy atom. The van der Waals surface area contributed by atoms with Crippen molar-refractivity contribution in [1.82, 2.24) is 10.1 Å². The molecule has 0 spiro atoms. The summed E-state index contributed by atoms with van der Waals surface area (Å²) in [7, 11) is -3.56. The van der Waals surface area contributed by atoms with E-state index < -0.39 is 9.84 Å². The molecule has 24 heavy (non-hydrogen) atoms. The van der Waals surface area contributed by atoms with Crippen LogP contribution in [0.2, 0.25) is 0 Å². The number of aromatic nitrogens is 2. The van der Waals surface area contributed by atoms with E-state index >= 15 is 0 Å². The fourth-order valence-electron chi connectivity index (χ4n) is 2.91. The summed E-state index contributed by atoms with van der Waals surface area (Å²) in [5, 5.41) is 3.87.